The van der Waals surface area contributed by atoms with Gasteiger partial charge in [0, 0.05) is 0 Å². The van der Waals surface area contributed by atoms with E-state index in [-0.39, 0.29) is 24.0 Å². The van der Waals surface area contributed by atoms with Gasteiger partial charge in [0.05, 0.1) is 11.0 Å². The maximum Gasteiger partial charge on any atom is 0.258 e. The standard InChI is InChI=1S/C13H17N3O4S/c1-9(2)11-7-10(21(15,18)19)3-4-12(11)20-8-13(17)16-6-5-14/h3-4,7,9H,6,8H2,1-2H3,(H,16,17)(H2,15,18,19). The number of rotatable bonds is 6. The maximum absolute atomic E-state index is 11.4. The normalized spacial score (nSPS) is 11.0. The first-order valence-electron chi connectivity index (χ1n) is 6.19. The summed E-state index contributed by atoms with van der Waals surface area (Å²) >= 11 is 0. The van der Waals surface area contributed by atoms with Crippen LogP contribution in [0.15, 0.2) is 23.1 Å². The third-order valence-electron chi connectivity index (χ3n) is 2.66. The quantitative estimate of drug-likeness (QED) is 0.740. The number of primary sulfonamides is 1. The summed E-state index contributed by atoms with van der Waals surface area (Å²) in [5.74, 6) is -0.0323. The molecule has 0 fully saturated rings. The summed E-state index contributed by atoms with van der Waals surface area (Å²) < 4.78 is 28.1. The largest absolute Gasteiger partial charge is 0.483 e. The molecular weight excluding hydrogens is 294 g/mol. The molecule has 1 aromatic carbocycles. The topological polar surface area (TPSA) is 122 Å². The lowest BCUT2D eigenvalue weighted by Crippen LogP contribution is -2.29. The minimum atomic E-state index is -3.79. The second-order valence-corrected chi connectivity index (χ2v) is 6.18. The summed E-state index contributed by atoms with van der Waals surface area (Å²) in [6, 6.07) is 6.00. The van der Waals surface area contributed by atoms with Crippen molar-refractivity contribution in [2.24, 2.45) is 5.14 Å². The Balaban J connectivity index is 2.93. The number of nitriles is 1. The zero-order chi connectivity index (χ0) is 16.0. The van der Waals surface area contributed by atoms with Crippen LogP contribution >= 0.6 is 0 Å². The number of hydrogen-bond donors (Lipinski definition) is 2. The van der Waals surface area contributed by atoms with Crippen molar-refractivity contribution in [3.8, 4) is 11.8 Å². The average molecular weight is 311 g/mol. The molecule has 0 heterocycles. The molecule has 0 aliphatic carbocycles. The lowest BCUT2D eigenvalue weighted by atomic mass is 10.0. The molecule has 1 amide bonds. The van der Waals surface area contributed by atoms with E-state index in [9.17, 15) is 13.2 Å². The van der Waals surface area contributed by atoms with Crippen LogP contribution < -0.4 is 15.2 Å². The van der Waals surface area contributed by atoms with Crippen molar-refractivity contribution in [2.75, 3.05) is 13.2 Å². The smallest absolute Gasteiger partial charge is 0.258 e. The number of benzene rings is 1. The van der Waals surface area contributed by atoms with Crippen LogP contribution in [0.1, 0.15) is 25.3 Å². The SMILES string of the molecule is CC(C)c1cc(S(N)(=O)=O)ccc1OCC(=O)NCC#N. The first-order chi connectivity index (χ1) is 9.75. The van der Waals surface area contributed by atoms with Gasteiger partial charge in [-0.3, -0.25) is 4.79 Å². The van der Waals surface area contributed by atoms with Crippen LogP contribution in [0.3, 0.4) is 0 Å². The molecule has 8 heteroatoms. The lowest BCUT2D eigenvalue weighted by molar-refractivity contribution is -0.122. The summed E-state index contributed by atoms with van der Waals surface area (Å²) in [5.41, 5.74) is 0.634. The predicted octanol–water partition coefficient (Wildman–Crippen LogP) is 0.476. The van der Waals surface area contributed by atoms with Gasteiger partial charge in [-0.1, -0.05) is 13.8 Å². The third kappa shape index (κ3) is 5.06. The van der Waals surface area contributed by atoms with Crippen molar-refractivity contribution in [3.05, 3.63) is 23.8 Å². The van der Waals surface area contributed by atoms with Gasteiger partial charge in [0.15, 0.2) is 6.61 Å². The van der Waals surface area contributed by atoms with Crippen LogP contribution in [0.2, 0.25) is 0 Å². The van der Waals surface area contributed by atoms with Gasteiger partial charge >= 0.3 is 0 Å². The number of nitrogens with two attached hydrogens (primary N) is 1. The summed E-state index contributed by atoms with van der Waals surface area (Å²) in [6.45, 7) is 3.38. The highest BCUT2D eigenvalue weighted by atomic mass is 32.2. The molecule has 0 aliphatic rings. The van der Waals surface area contributed by atoms with Crippen LogP contribution in [-0.4, -0.2) is 27.5 Å². The number of ether oxygens (including phenoxy) is 1. The van der Waals surface area contributed by atoms with Crippen molar-refractivity contribution >= 4 is 15.9 Å². The fourth-order valence-electron chi connectivity index (χ4n) is 1.62. The Hall–Kier alpha value is -2.11. The second kappa shape index (κ2) is 7.06. The zero-order valence-electron chi connectivity index (χ0n) is 11.8. The molecule has 0 spiro atoms. The van der Waals surface area contributed by atoms with Crippen molar-refractivity contribution in [1.29, 1.82) is 5.26 Å². The highest BCUT2D eigenvalue weighted by Crippen LogP contribution is 2.28. The first-order valence-corrected chi connectivity index (χ1v) is 7.73. The third-order valence-corrected chi connectivity index (χ3v) is 3.57. The van der Waals surface area contributed by atoms with E-state index in [1.807, 2.05) is 13.8 Å². The van der Waals surface area contributed by atoms with Crippen molar-refractivity contribution in [3.63, 3.8) is 0 Å². The number of carbonyl (C=O) groups is 1. The van der Waals surface area contributed by atoms with Crippen molar-refractivity contribution in [1.82, 2.24) is 5.32 Å². The summed E-state index contributed by atoms with van der Waals surface area (Å²) in [4.78, 5) is 11.4. The van der Waals surface area contributed by atoms with E-state index in [4.69, 9.17) is 15.1 Å². The summed E-state index contributed by atoms with van der Waals surface area (Å²) in [5, 5.41) is 15.8. The van der Waals surface area contributed by atoms with Gasteiger partial charge in [-0.15, -0.1) is 0 Å². The summed E-state index contributed by atoms with van der Waals surface area (Å²) in [7, 11) is -3.79. The Morgan fingerprint density at radius 3 is 2.67 bits per heavy atom. The number of carbonyl (C=O) groups excluding carboxylic acids is 1. The molecule has 0 aromatic heterocycles. The molecule has 0 atom stereocenters. The lowest BCUT2D eigenvalue weighted by Gasteiger charge is -2.14. The molecule has 114 valence electrons. The summed E-state index contributed by atoms with van der Waals surface area (Å²) in [6.07, 6.45) is 0. The number of hydrogen-bond acceptors (Lipinski definition) is 5. The van der Waals surface area contributed by atoms with E-state index in [2.05, 4.69) is 5.32 Å². The molecule has 0 saturated heterocycles. The molecule has 0 aliphatic heterocycles. The highest BCUT2D eigenvalue weighted by molar-refractivity contribution is 7.89. The van der Waals surface area contributed by atoms with Gasteiger partial charge in [0.25, 0.3) is 5.91 Å². The number of nitrogens with one attached hydrogen (secondary N) is 1. The van der Waals surface area contributed by atoms with Gasteiger partial charge in [0.1, 0.15) is 12.3 Å². The molecule has 21 heavy (non-hydrogen) atoms. The van der Waals surface area contributed by atoms with E-state index in [0.717, 1.165) is 0 Å². The highest BCUT2D eigenvalue weighted by Gasteiger charge is 2.15. The van der Waals surface area contributed by atoms with E-state index in [1.54, 1.807) is 6.07 Å². The maximum atomic E-state index is 11.4. The van der Waals surface area contributed by atoms with Crippen LogP contribution in [0.5, 0.6) is 5.75 Å². The molecule has 7 nitrogen and oxygen atoms in total. The van der Waals surface area contributed by atoms with Crippen molar-refractivity contribution in [2.45, 2.75) is 24.7 Å². The Labute approximate surface area is 123 Å². The molecule has 0 radical (unpaired) electrons. The monoisotopic (exact) mass is 311 g/mol. The minimum absolute atomic E-state index is 0.00696. The minimum Gasteiger partial charge on any atom is -0.483 e. The Morgan fingerprint density at radius 2 is 2.14 bits per heavy atom. The van der Waals surface area contributed by atoms with Gasteiger partial charge in [-0.2, -0.15) is 5.26 Å². The number of amides is 1. The molecular formula is C13H17N3O4S. The van der Waals surface area contributed by atoms with Gasteiger partial charge < -0.3 is 10.1 Å². The van der Waals surface area contributed by atoms with Gasteiger partial charge in [-0.25, -0.2) is 13.6 Å². The Morgan fingerprint density at radius 1 is 1.48 bits per heavy atom. The first kappa shape index (κ1) is 16.9. The van der Waals surface area contributed by atoms with Crippen LogP contribution in [0, 0.1) is 11.3 Å². The van der Waals surface area contributed by atoms with Gasteiger partial charge in [-0.05, 0) is 29.7 Å². The molecule has 3 N–H and O–H groups in total. The fraction of sp³-hybridized carbons (Fsp3) is 0.385. The Bertz CT molecular complexity index is 662. The van der Waals surface area contributed by atoms with Gasteiger partial charge in [0.2, 0.25) is 10.0 Å². The van der Waals surface area contributed by atoms with E-state index in [0.29, 0.717) is 11.3 Å². The molecule has 0 saturated carbocycles. The zero-order valence-corrected chi connectivity index (χ0v) is 12.6. The van der Waals surface area contributed by atoms with E-state index < -0.39 is 15.9 Å². The molecule has 1 aromatic rings. The molecule has 0 unspecified atom stereocenters. The fourth-order valence-corrected chi connectivity index (χ4v) is 2.17. The van der Waals surface area contributed by atoms with Crippen molar-refractivity contribution < 1.29 is 17.9 Å². The number of nitrogens with zero attached hydrogens (tertiary/aromatic N) is 1. The van der Waals surface area contributed by atoms with Crippen LogP contribution in [0.25, 0.3) is 0 Å². The second-order valence-electron chi connectivity index (χ2n) is 4.62. The molecule has 1 rings (SSSR count). The van der Waals surface area contributed by atoms with E-state index in [1.165, 1.54) is 18.2 Å². The Kier molecular flexibility index (Phi) is 5.69. The van der Waals surface area contributed by atoms with E-state index >= 15 is 0 Å². The van der Waals surface area contributed by atoms with Crippen LogP contribution in [0.4, 0.5) is 0 Å². The van der Waals surface area contributed by atoms with Crippen LogP contribution in [-0.2, 0) is 14.8 Å². The average Bonchev–Trinajstić information content (AvgIpc) is 2.41. The predicted molar refractivity (Wildman–Crippen MR) is 76.0 cm³/mol. The molecule has 0 bridgehead atoms. The number of sulfonamides is 1.